The third-order valence-electron chi connectivity index (χ3n) is 8.28. The Balaban J connectivity index is 1.14. The summed E-state index contributed by atoms with van der Waals surface area (Å²) >= 11 is 1.87. The highest BCUT2D eigenvalue weighted by Gasteiger charge is 2.23. The van der Waals surface area contributed by atoms with Gasteiger partial charge in [0.15, 0.2) is 0 Å². The van der Waals surface area contributed by atoms with E-state index in [9.17, 15) is 0 Å². The van der Waals surface area contributed by atoms with Crippen LogP contribution in [0.2, 0.25) is 0 Å². The monoisotopic (exact) mass is 616 g/mol. The zero-order valence-electron chi connectivity index (χ0n) is 26.0. The number of hydrogen-bond donors (Lipinski definition) is 0. The van der Waals surface area contributed by atoms with Crippen molar-refractivity contribution in [3.05, 3.63) is 139 Å². The van der Waals surface area contributed by atoms with Crippen molar-refractivity contribution in [3.63, 3.8) is 0 Å². The number of rotatable bonds is 10. The second-order valence-corrected chi connectivity index (χ2v) is 12.6. The summed E-state index contributed by atoms with van der Waals surface area (Å²) in [5.41, 5.74) is 10.5. The van der Waals surface area contributed by atoms with Crippen LogP contribution in [0.5, 0.6) is 0 Å². The van der Waals surface area contributed by atoms with Gasteiger partial charge in [0.25, 0.3) is 0 Å². The molecule has 7 rings (SSSR count). The fraction of sp³-hybridized carbons (Fsp3) is 0.146. The number of hydrogen-bond acceptors (Lipinski definition) is 5. The van der Waals surface area contributed by atoms with Gasteiger partial charge in [0.1, 0.15) is 0 Å². The fourth-order valence-corrected chi connectivity index (χ4v) is 6.93. The first-order valence-corrected chi connectivity index (χ1v) is 16.9. The molecule has 226 valence electrons. The number of unbranched alkanes of at least 4 members (excludes halogenated alkanes) is 3. The van der Waals surface area contributed by atoms with E-state index in [1.807, 2.05) is 48.2 Å². The van der Waals surface area contributed by atoms with E-state index in [4.69, 9.17) is 4.98 Å². The molecule has 6 aromatic rings. The molecule has 1 aliphatic heterocycles. The van der Waals surface area contributed by atoms with Crippen molar-refractivity contribution in [1.82, 2.24) is 15.0 Å². The van der Waals surface area contributed by atoms with Crippen molar-refractivity contribution in [3.8, 4) is 33.9 Å². The van der Waals surface area contributed by atoms with Gasteiger partial charge < -0.3 is 4.90 Å². The Labute approximate surface area is 275 Å². The number of nitrogens with zero attached hydrogens (tertiary/aromatic N) is 4. The molecule has 0 N–H and O–H groups in total. The van der Waals surface area contributed by atoms with Crippen molar-refractivity contribution < 1.29 is 0 Å². The van der Waals surface area contributed by atoms with Crippen LogP contribution < -0.4 is 4.90 Å². The van der Waals surface area contributed by atoms with Gasteiger partial charge in [0.05, 0.1) is 34.2 Å². The molecule has 0 atom stereocenters. The van der Waals surface area contributed by atoms with E-state index < -0.39 is 0 Å². The van der Waals surface area contributed by atoms with Gasteiger partial charge in [0, 0.05) is 28.7 Å². The summed E-state index contributed by atoms with van der Waals surface area (Å²) in [5, 5.41) is 0. The molecule has 0 amide bonds. The Bertz CT molecular complexity index is 1900. The normalized spacial score (nSPS) is 12.2. The summed E-state index contributed by atoms with van der Waals surface area (Å²) in [6.45, 7) is 3.31. The second-order valence-electron chi connectivity index (χ2n) is 11.5. The van der Waals surface area contributed by atoms with Gasteiger partial charge in [-0.1, -0.05) is 105 Å². The highest BCUT2D eigenvalue weighted by molar-refractivity contribution is 7.99. The molecule has 0 unspecified atom stereocenters. The standard InChI is InChI=1S/C41H36N4S/c1-2-3-4-11-26-45-38-14-5-6-15-40(38)46-41-23-20-31(27-39(41)45)17-16-30-18-21-32(22-19-30)33-28-36(34-12-7-9-24-42-34)44-37(29-33)35-13-8-10-25-43-35/h5-10,12-25,27-29H,2-4,11,26H2,1H3/b17-16+. The zero-order valence-corrected chi connectivity index (χ0v) is 26.8. The first kappa shape index (κ1) is 29.7. The van der Waals surface area contributed by atoms with E-state index in [1.165, 1.54) is 52.4 Å². The molecule has 0 saturated carbocycles. The molecule has 0 radical (unpaired) electrons. The lowest BCUT2D eigenvalue weighted by atomic mass is 10.0. The zero-order chi connectivity index (χ0) is 31.1. The van der Waals surface area contributed by atoms with Crippen molar-refractivity contribution in [2.45, 2.75) is 42.4 Å². The summed E-state index contributed by atoms with van der Waals surface area (Å²) < 4.78 is 0. The minimum atomic E-state index is 0.829. The molecule has 0 saturated heterocycles. The van der Waals surface area contributed by atoms with Crippen LogP contribution in [0.25, 0.3) is 46.1 Å². The van der Waals surface area contributed by atoms with E-state index in [1.54, 1.807) is 12.4 Å². The molecular formula is C41H36N4S. The third-order valence-corrected chi connectivity index (χ3v) is 9.41. The van der Waals surface area contributed by atoms with E-state index in [0.717, 1.165) is 46.0 Å². The van der Waals surface area contributed by atoms with Crippen LogP contribution in [0.4, 0.5) is 11.4 Å². The van der Waals surface area contributed by atoms with Crippen molar-refractivity contribution >= 4 is 35.3 Å². The van der Waals surface area contributed by atoms with Gasteiger partial charge in [-0.05, 0) is 89.3 Å². The molecule has 46 heavy (non-hydrogen) atoms. The van der Waals surface area contributed by atoms with Gasteiger partial charge in [-0.25, -0.2) is 4.98 Å². The van der Waals surface area contributed by atoms with Gasteiger partial charge in [-0.15, -0.1) is 0 Å². The fourth-order valence-electron chi connectivity index (χ4n) is 5.85. The first-order valence-electron chi connectivity index (χ1n) is 16.1. The van der Waals surface area contributed by atoms with Crippen LogP contribution in [-0.2, 0) is 0 Å². The molecule has 4 heterocycles. The maximum absolute atomic E-state index is 4.91. The Morgan fingerprint density at radius 3 is 1.91 bits per heavy atom. The smallest absolute Gasteiger partial charge is 0.0900 e. The molecule has 3 aromatic heterocycles. The van der Waals surface area contributed by atoms with Crippen molar-refractivity contribution in [2.75, 3.05) is 11.4 Å². The van der Waals surface area contributed by atoms with E-state index in [2.05, 4.69) is 113 Å². The molecule has 0 fully saturated rings. The van der Waals surface area contributed by atoms with Crippen LogP contribution in [0.15, 0.2) is 137 Å². The molecular weight excluding hydrogens is 581 g/mol. The molecule has 0 spiro atoms. The summed E-state index contributed by atoms with van der Waals surface area (Å²) in [4.78, 5) is 19.2. The summed E-state index contributed by atoms with van der Waals surface area (Å²) in [6.07, 6.45) is 13.0. The number of anilines is 2. The van der Waals surface area contributed by atoms with E-state index >= 15 is 0 Å². The number of para-hydroxylation sites is 1. The summed E-state index contributed by atoms with van der Waals surface area (Å²) in [7, 11) is 0. The molecule has 5 heteroatoms. The third kappa shape index (κ3) is 6.65. The molecule has 4 nitrogen and oxygen atoms in total. The van der Waals surface area contributed by atoms with Crippen LogP contribution in [0, 0.1) is 0 Å². The van der Waals surface area contributed by atoms with E-state index in [-0.39, 0.29) is 0 Å². The van der Waals surface area contributed by atoms with Crippen molar-refractivity contribution in [2.24, 2.45) is 0 Å². The second kappa shape index (κ2) is 14.0. The summed E-state index contributed by atoms with van der Waals surface area (Å²) in [6, 6.07) is 40.4. The van der Waals surface area contributed by atoms with E-state index in [0.29, 0.717) is 0 Å². The first-order chi connectivity index (χ1) is 22.7. The molecule has 0 bridgehead atoms. The minimum absolute atomic E-state index is 0.829. The van der Waals surface area contributed by atoms with Crippen LogP contribution in [0.1, 0.15) is 43.7 Å². The summed E-state index contributed by atoms with van der Waals surface area (Å²) in [5.74, 6) is 0. The van der Waals surface area contributed by atoms with Gasteiger partial charge in [-0.3, -0.25) is 9.97 Å². The SMILES string of the molecule is CCCCCCN1c2ccccc2Sc2ccc(/C=C/c3ccc(-c4cc(-c5ccccn5)nc(-c5ccccn5)c4)cc3)cc21. The Morgan fingerprint density at radius 1 is 0.565 bits per heavy atom. The van der Waals surface area contributed by atoms with Crippen molar-refractivity contribution in [1.29, 1.82) is 0 Å². The Hall–Kier alpha value is -5.00. The number of fused-ring (bicyclic) bond motifs is 2. The Morgan fingerprint density at radius 2 is 1.22 bits per heavy atom. The number of pyridine rings is 3. The van der Waals surface area contributed by atoms with Crippen LogP contribution in [-0.4, -0.2) is 21.5 Å². The average Bonchev–Trinajstić information content (AvgIpc) is 3.13. The minimum Gasteiger partial charge on any atom is -0.340 e. The Kier molecular flexibility index (Phi) is 9.02. The predicted molar refractivity (Wildman–Crippen MR) is 193 cm³/mol. The highest BCUT2D eigenvalue weighted by atomic mass is 32.2. The largest absolute Gasteiger partial charge is 0.340 e. The lowest BCUT2D eigenvalue weighted by Crippen LogP contribution is -2.22. The van der Waals surface area contributed by atoms with Crippen LogP contribution >= 0.6 is 11.8 Å². The molecule has 3 aromatic carbocycles. The van der Waals surface area contributed by atoms with Gasteiger partial charge >= 0.3 is 0 Å². The van der Waals surface area contributed by atoms with Crippen LogP contribution in [0.3, 0.4) is 0 Å². The maximum atomic E-state index is 4.91. The topological polar surface area (TPSA) is 41.9 Å². The lowest BCUT2D eigenvalue weighted by Gasteiger charge is -2.33. The lowest BCUT2D eigenvalue weighted by molar-refractivity contribution is 0.665. The number of aromatic nitrogens is 3. The molecule has 1 aliphatic rings. The molecule has 0 aliphatic carbocycles. The predicted octanol–water partition coefficient (Wildman–Crippen LogP) is 11.2. The maximum Gasteiger partial charge on any atom is 0.0900 e. The van der Waals surface area contributed by atoms with Gasteiger partial charge in [-0.2, -0.15) is 0 Å². The van der Waals surface area contributed by atoms with Gasteiger partial charge in [0.2, 0.25) is 0 Å². The average molecular weight is 617 g/mol. The highest BCUT2D eigenvalue weighted by Crippen LogP contribution is 2.48. The quantitative estimate of drug-likeness (QED) is 0.113. The number of benzene rings is 3.